The Hall–Kier alpha value is -2.61. The van der Waals surface area contributed by atoms with Gasteiger partial charge in [0.1, 0.15) is 5.82 Å². The van der Waals surface area contributed by atoms with Crippen LogP contribution in [0.2, 0.25) is 0 Å². The molecule has 2 rings (SSSR count). The summed E-state index contributed by atoms with van der Waals surface area (Å²) in [6.07, 6.45) is 1.27. The lowest BCUT2D eigenvalue weighted by molar-refractivity contribution is 0.102. The minimum Gasteiger partial charge on any atom is -0.425 e. The summed E-state index contributed by atoms with van der Waals surface area (Å²) >= 11 is 0. The third-order valence-electron chi connectivity index (χ3n) is 2.85. The Balaban J connectivity index is 2.25. The number of hydrogen-bond acceptors (Lipinski definition) is 5. The molecule has 106 valence electrons. The van der Waals surface area contributed by atoms with Gasteiger partial charge in [-0.25, -0.2) is 4.39 Å². The third kappa shape index (κ3) is 3.48. The third-order valence-corrected chi connectivity index (χ3v) is 2.85. The number of aromatic nitrogens is 1. The van der Waals surface area contributed by atoms with E-state index < -0.39 is 18.8 Å². The molecule has 2 N–H and O–H groups in total. The first-order valence-corrected chi connectivity index (χ1v) is 6.05. The van der Waals surface area contributed by atoms with Crippen molar-refractivity contribution in [1.29, 1.82) is 0 Å². The van der Waals surface area contributed by atoms with Crippen LogP contribution < -0.4 is 10.8 Å². The van der Waals surface area contributed by atoms with Gasteiger partial charge in [-0.05, 0) is 42.7 Å². The van der Waals surface area contributed by atoms with Crippen molar-refractivity contribution in [2.75, 3.05) is 5.32 Å². The van der Waals surface area contributed by atoms with Crippen LogP contribution in [0.5, 0.6) is 0 Å². The largest absolute Gasteiger partial charge is 0.519 e. The van der Waals surface area contributed by atoms with Crippen molar-refractivity contribution >= 4 is 24.1 Å². The molecule has 21 heavy (non-hydrogen) atoms. The molecule has 0 spiro atoms. The smallest absolute Gasteiger partial charge is 0.425 e. The van der Waals surface area contributed by atoms with Crippen LogP contribution in [0.4, 0.5) is 10.1 Å². The summed E-state index contributed by atoms with van der Waals surface area (Å²) in [6.45, 7) is 1.62. The number of rotatable bonds is 4. The van der Waals surface area contributed by atoms with Crippen molar-refractivity contribution in [1.82, 2.24) is 4.98 Å². The molecule has 1 aromatic heterocycles. The van der Waals surface area contributed by atoms with Crippen LogP contribution in [0.15, 0.2) is 41.6 Å². The Morgan fingerprint density at radius 1 is 1.38 bits per heavy atom. The second-order valence-corrected chi connectivity index (χ2v) is 4.34. The summed E-state index contributed by atoms with van der Waals surface area (Å²) in [5.41, 5.74) is 1.16. The minimum atomic E-state index is -1.57. The highest BCUT2D eigenvalue weighted by molar-refractivity contribution is 6.64. The van der Waals surface area contributed by atoms with Crippen LogP contribution >= 0.6 is 0 Å². The summed E-state index contributed by atoms with van der Waals surface area (Å²) in [5, 5.41) is 14.4. The quantitative estimate of drug-likeness (QED) is 0.653. The fraction of sp³-hybridized carbons (Fsp3) is 0.0769. The molecule has 6 nitrogen and oxygen atoms in total. The average molecular weight is 287 g/mol. The number of aryl methyl sites for hydroxylation is 1. The van der Waals surface area contributed by atoms with E-state index in [4.69, 9.17) is 0 Å². The maximum atomic E-state index is 12.8. The number of amides is 1. The molecule has 0 aliphatic carbocycles. The molecule has 0 bridgehead atoms. The Bertz CT molecular complexity index is 679. The summed E-state index contributed by atoms with van der Waals surface area (Å²) < 4.78 is 12.8. The predicted molar refractivity (Wildman–Crippen MR) is 76.7 cm³/mol. The van der Waals surface area contributed by atoms with E-state index in [1.807, 2.05) is 0 Å². The van der Waals surface area contributed by atoms with Gasteiger partial charge in [0.05, 0.1) is 5.56 Å². The molecular weight excluding hydrogens is 276 g/mol. The van der Waals surface area contributed by atoms with Gasteiger partial charge in [0, 0.05) is 17.6 Å². The zero-order valence-corrected chi connectivity index (χ0v) is 11.1. The Morgan fingerprint density at radius 3 is 2.67 bits per heavy atom. The van der Waals surface area contributed by atoms with E-state index in [1.165, 1.54) is 36.5 Å². The second kappa shape index (κ2) is 6.23. The normalized spacial score (nSPS) is 10.0. The zero-order valence-electron chi connectivity index (χ0n) is 11.1. The molecule has 0 saturated heterocycles. The van der Waals surface area contributed by atoms with Gasteiger partial charge in [-0.15, -0.1) is 0 Å². The van der Waals surface area contributed by atoms with E-state index >= 15 is 0 Å². The van der Waals surface area contributed by atoms with Crippen molar-refractivity contribution in [3.05, 3.63) is 58.5 Å². The van der Waals surface area contributed by atoms with Gasteiger partial charge in [-0.3, -0.25) is 9.78 Å². The van der Waals surface area contributed by atoms with Crippen molar-refractivity contribution in [3.8, 4) is 0 Å². The van der Waals surface area contributed by atoms with Crippen LogP contribution in [0.3, 0.4) is 0 Å². The van der Waals surface area contributed by atoms with Gasteiger partial charge in [-0.2, -0.15) is 4.91 Å². The van der Waals surface area contributed by atoms with E-state index in [0.29, 0.717) is 11.4 Å². The maximum Gasteiger partial charge on any atom is 0.519 e. The first kappa shape index (κ1) is 14.8. The summed E-state index contributed by atoms with van der Waals surface area (Å²) in [5.74, 6) is -0.889. The van der Waals surface area contributed by atoms with Gasteiger partial charge in [0.25, 0.3) is 5.91 Å². The molecule has 1 amide bonds. The van der Waals surface area contributed by atoms with Gasteiger partial charge in [0.15, 0.2) is 0 Å². The number of carbonyl (C=O) groups excluding carboxylic acids is 1. The first-order chi connectivity index (χ1) is 10.0. The topological polar surface area (TPSA) is 91.7 Å². The molecule has 0 unspecified atom stereocenters. The highest BCUT2D eigenvalue weighted by Gasteiger charge is 2.20. The number of carbonyl (C=O) groups is 1. The Morgan fingerprint density at radius 2 is 2.05 bits per heavy atom. The highest BCUT2D eigenvalue weighted by atomic mass is 19.1. The van der Waals surface area contributed by atoms with Gasteiger partial charge in [0.2, 0.25) is 0 Å². The molecule has 0 fully saturated rings. The van der Waals surface area contributed by atoms with E-state index in [0.717, 1.165) is 0 Å². The lowest BCUT2D eigenvalue weighted by Crippen LogP contribution is -2.30. The van der Waals surface area contributed by atoms with E-state index in [1.54, 1.807) is 6.92 Å². The van der Waals surface area contributed by atoms with Crippen molar-refractivity contribution in [3.63, 3.8) is 0 Å². The Labute approximate surface area is 120 Å². The molecule has 2 aromatic rings. The number of nitroso groups, excluding NO2 is 1. The van der Waals surface area contributed by atoms with E-state index in [9.17, 15) is 19.1 Å². The lowest BCUT2D eigenvalue weighted by atomic mass is 9.76. The Kier molecular flexibility index (Phi) is 4.39. The summed E-state index contributed by atoms with van der Waals surface area (Å²) in [4.78, 5) is 26.4. The van der Waals surface area contributed by atoms with Gasteiger partial charge in [-0.1, -0.05) is 5.09 Å². The number of benzene rings is 1. The molecule has 0 saturated carbocycles. The first-order valence-electron chi connectivity index (χ1n) is 6.05. The molecule has 1 aromatic carbocycles. The van der Waals surface area contributed by atoms with Gasteiger partial charge >= 0.3 is 7.05 Å². The summed E-state index contributed by atoms with van der Waals surface area (Å²) in [6, 6.07) is 6.62. The maximum absolute atomic E-state index is 12.8. The fourth-order valence-electron chi connectivity index (χ4n) is 1.71. The zero-order chi connectivity index (χ0) is 15.4. The number of anilines is 1. The van der Waals surface area contributed by atoms with Gasteiger partial charge < -0.3 is 10.3 Å². The fourth-order valence-corrected chi connectivity index (χ4v) is 1.71. The van der Waals surface area contributed by atoms with Crippen LogP contribution in [-0.2, 0) is 0 Å². The minimum absolute atomic E-state index is 0.125. The molecule has 8 heteroatoms. The standard InChI is InChI=1S/C13H11BFN3O3/c1-8-12(6-9(7-16-8)14(20)18-21)13(19)17-11-4-2-10(15)3-5-11/h2-7,20H,1H3,(H,17,19). The highest BCUT2D eigenvalue weighted by Crippen LogP contribution is 2.11. The molecule has 1 heterocycles. The van der Waals surface area contributed by atoms with E-state index in [-0.39, 0.29) is 11.0 Å². The van der Waals surface area contributed by atoms with Crippen LogP contribution in [-0.4, -0.2) is 23.0 Å². The molecule has 0 atom stereocenters. The van der Waals surface area contributed by atoms with Crippen LogP contribution in [0.25, 0.3) is 0 Å². The number of nitrogens with one attached hydrogen (secondary N) is 1. The molecule has 0 radical (unpaired) electrons. The van der Waals surface area contributed by atoms with Crippen LogP contribution in [0, 0.1) is 17.6 Å². The van der Waals surface area contributed by atoms with E-state index in [2.05, 4.69) is 15.4 Å². The monoisotopic (exact) mass is 287 g/mol. The number of nitrogens with zero attached hydrogens (tertiary/aromatic N) is 2. The summed E-state index contributed by atoms with van der Waals surface area (Å²) in [7, 11) is -1.57. The lowest BCUT2D eigenvalue weighted by Gasteiger charge is -2.08. The van der Waals surface area contributed by atoms with Crippen molar-refractivity contribution in [2.45, 2.75) is 6.92 Å². The number of halogens is 1. The number of hydrogen-bond donors (Lipinski definition) is 2. The van der Waals surface area contributed by atoms with Crippen molar-refractivity contribution in [2.24, 2.45) is 5.09 Å². The van der Waals surface area contributed by atoms with Crippen LogP contribution in [0.1, 0.15) is 16.1 Å². The van der Waals surface area contributed by atoms with Crippen molar-refractivity contribution < 1.29 is 14.2 Å². The molecule has 0 aliphatic heterocycles. The second-order valence-electron chi connectivity index (χ2n) is 4.34. The SMILES string of the molecule is Cc1ncc(B(O)N=O)cc1C(=O)Nc1ccc(F)cc1. The average Bonchev–Trinajstić information content (AvgIpc) is 2.49. The molecule has 0 aliphatic rings. The molecular formula is C13H11BFN3O3. The number of pyridine rings is 1. The predicted octanol–water partition coefficient (Wildman–Crippen LogP) is 1.24.